The molecule has 0 atom stereocenters. The number of benzene rings is 1. The Hall–Kier alpha value is -2.50. The molecule has 0 radical (unpaired) electrons. The van der Waals surface area contributed by atoms with Crippen LogP contribution in [0.15, 0.2) is 48.7 Å². The summed E-state index contributed by atoms with van der Waals surface area (Å²) in [6, 6.07) is 15.2. The van der Waals surface area contributed by atoms with Gasteiger partial charge in [0.25, 0.3) is 0 Å². The summed E-state index contributed by atoms with van der Waals surface area (Å²) in [5.74, 6) is 1.62. The normalized spacial score (nSPS) is 18.2. The highest BCUT2D eigenvalue weighted by Crippen LogP contribution is 2.32. The number of anilines is 1. The standard InChI is InChI=1S/C25H30N4O.CH4/c1-2-28-11-13-29(14-12-28)25-22-6-4-3-5-20(22)17-24(27-25)21-7-8-23(26-18-21)19-9-15-30-16-10-19;/h3-8,17-19H,2,9-16H2,1H3;1H4. The van der Waals surface area contributed by atoms with E-state index in [1.165, 1.54) is 16.5 Å². The Kier molecular flexibility index (Phi) is 6.83. The van der Waals surface area contributed by atoms with Crippen molar-refractivity contribution in [2.75, 3.05) is 50.8 Å². The molecule has 0 spiro atoms. The Morgan fingerprint density at radius 2 is 1.77 bits per heavy atom. The number of nitrogens with zero attached hydrogens (tertiary/aromatic N) is 4. The van der Waals surface area contributed by atoms with E-state index in [-0.39, 0.29) is 7.43 Å². The molecule has 3 aromatic rings. The molecule has 1 aromatic carbocycles. The van der Waals surface area contributed by atoms with Crippen molar-refractivity contribution in [3.05, 3.63) is 54.4 Å². The van der Waals surface area contributed by atoms with E-state index in [1.807, 2.05) is 6.20 Å². The van der Waals surface area contributed by atoms with Crippen LogP contribution in [0.25, 0.3) is 22.0 Å². The molecule has 4 heterocycles. The van der Waals surface area contributed by atoms with Crippen LogP contribution in [0.1, 0.15) is 38.8 Å². The maximum atomic E-state index is 5.49. The van der Waals surface area contributed by atoms with Gasteiger partial charge in [-0.15, -0.1) is 0 Å². The van der Waals surface area contributed by atoms with Gasteiger partial charge in [0.05, 0.1) is 5.69 Å². The summed E-state index contributed by atoms with van der Waals surface area (Å²) in [7, 11) is 0. The first-order valence-electron chi connectivity index (χ1n) is 11.2. The fraction of sp³-hybridized carbons (Fsp3) is 0.462. The fourth-order valence-corrected chi connectivity index (χ4v) is 4.64. The van der Waals surface area contributed by atoms with Crippen molar-refractivity contribution in [3.8, 4) is 11.3 Å². The third-order valence-corrected chi connectivity index (χ3v) is 6.56. The van der Waals surface area contributed by atoms with Crippen LogP contribution >= 0.6 is 0 Å². The first-order chi connectivity index (χ1) is 14.8. The van der Waals surface area contributed by atoms with Crippen LogP contribution < -0.4 is 4.90 Å². The highest BCUT2D eigenvalue weighted by atomic mass is 16.5. The van der Waals surface area contributed by atoms with Gasteiger partial charge in [-0.3, -0.25) is 4.98 Å². The van der Waals surface area contributed by atoms with Crippen LogP contribution in [-0.2, 0) is 4.74 Å². The molecule has 0 bridgehead atoms. The Morgan fingerprint density at radius 1 is 1.00 bits per heavy atom. The second-order valence-corrected chi connectivity index (χ2v) is 8.33. The maximum Gasteiger partial charge on any atom is 0.137 e. The lowest BCUT2D eigenvalue weighted by Gasteiger charge is -2.35. The van der Waals surface area contributed by atoms with Crippen molar-refractivity contribution < 1.29 is 4.74 Å². The lowest BCUT2D eigenvalue weighted by atomic mass is 9.95. The molecule has 0 aliphatic carbocycles. The monoisotopic (exact) mass is 418 g/mol. The molecule has 2 fully saturated rings. The zero-order valence-corrected chi connectivity index (χ0v) is 17.8. The summed E-state index contributed by atoms with van der Waals surface area (Å²) in [5, 5.41) is 2.47. The van der Waals surface area contributed by atoms with Crippen LogP contribution in [0.3, 0.4) is 0 Å². The van der Waals surface area contributed by atoms with E-state index < -0.39 is 0 Å². The summed E-state index contributed by atoms with van der Waals surface area (Å²) in [4.78, 5) is 14.9. The van der Waals surface area contributed by atoms with Crippen LogP contribution in [-0.4, -0.2) is 60.8 Å². The maximum absolute atomic E-state index is 5.49. The highest BCUT2D eigenvalue weighted by Gasteiger charge is 2.20. The summed E-state index contributed by atoms with van der Waals surface area (Å²) >= 11 is 0. The van der Waals surface area contributed by atoms with Crippen molar-refractivity contribution in [2.24, 2.45) is 0 Å². The fourth-order valence-electron chi connectivity index (χ4n) is 4.64. The van der Waals surface area contributed by atoms with E-state index in [0.29, 0.717) is 5.92 Å². The average Bonchev–Trinajstić information content (AvgIpc) is 2.84. The molecule has 0 N–H and O–H groups in total. The summed E-state index contributed by atoms with van der Waals surface area (Å²) in [6.45, 7) is 9.28. The zero-order chi connectivity index (χ0) is 20.3. The van der Waals surface area contributed by atoms with E-state index in [4.69, 9.17) is 14.7 Å². The molecular formula is C26H34N4O. The number of hydrogen-bond acceptors (Lipinski definition) is 5. The number of fused-ring (bicyclic) bond motifs is 1. The van der Waals surface area contributed by atoms with Crippen LogP contribution in [0.5, 0.6) is 0 Å². The Bertz CT molecular complexity index is 990. The van der Waals surface area contributed by atoms with Crippen molar-refractivity contribution in [1.82, 2.24) is 14.9 Å². The second-order valence-electron chi connectivity index (χ2n) is 8.33. The quantitative estimate of drug-likeness (QED) is 0.598. The lowest BCUT2D eigenvalue weighted by Crippen LogP contribution is -2.46. The SMILES string of the molecule is C.CCN1CCN(c2nc(-c3ccc(C4CCOCC4)nc3)cc3ccccc23)CC1. The van der Waals surface area contributed by atoms with Gasteiger partial charge in [0.2, 0.25) is 0 Å². The molecule has 0 unspecified atom stereocenters. The van der Waals surface area contributed by atoms with E-state index in [9.17, 15) is 0 Å². The van der Waals surface area contributed by atoms with Gasteiger partial charge in [-0.1, -0.05) is 38.6 Å². The molecule has 164 valence electrons. The van der Waals surface area contributed by atoms with Gasteiger partial charge in [-0.25, -0.2) is 4.98 Å². The minimum Gasteiger partial charge on any atom is -0.381 e. The Labute approximate surface area is 186 Å². The largest absolute Gasteiger partial charge is 0.381 e. The number of ether oxygens (including phenoxy) is 1. The molecule has 5 heteroatoms. The van der Waals surface area contributed by atoms with E-state index in [2.05, 4.69) is 59.2 Å². The van der Waals surface area contributed by atoms with E-state index in [1.54, 1.807) is 0 Å². The molecule has 31 heavy (non-hydrogen) atoms. The first-order valence-corrected chi connectivity index (χ1v) is 11.2. The summed E-state index contributed by atoms with van der Waals surface area (Å²) in [6.07, 6.45) is 4.13. The smallest absolute Gasteiger partial charge is 0.137 e. The minimum atomic E-state index is 0. The van der Waals surface area contributed by atoms with Gasteiger partial charge in [0.15, 0.2) is 0 Å². The van der Waals surface area contributed by atoms with Crippen molar-refractivity contribution >= 4 is 16.6 Å². The van der Waals surface area contributed by atoms with Crippen LogP contribution in [0.4, 0.5) is 5.82 Å². The predicted molar refractivity (Wildman–Crippen MR) is 129 cm³/mol. The van der Waals surface area contributed by atoms with Gasteiger partial charge in [0, 0.05) is 68.2 Å². The molecule has 5 nitrogen and oxygen atoms in total. The zero-order valence-electron chi connectivity index (χ0n) is 17.8. The van der Waals surface area contributed by atoms with E-state index >= 15 is 0 Å². The minimum absolute atomic E-state index is 0. The Morgan fingerprint density at radius 3 is 2.48 bits per heavy atom. The summed E-state index contributed by atoms with van der Waals surface area (Å²) < 4.78 is 5.49. The second kappa shape index (κ2) is 9.75. The van der Waals surface area contributed by atoms with Crippen LogP contribution in [0, 0.1) is 0 Å². The van der Waals surface area contributed by atoms with Gasteiger partial charge in [0.1, 0.15) is 5.82 Å². The molecule has 2 aliphatic heterocycles. The number of hydrogen-bond donors (Lipinski definition) is 0. The van der Waals surface area contributed by atoms with Gasteiger partial charge < -0.3 is 14.5 Å². The predicted octanol–water partition coefficient (Wildman–Crippen LogP) is 4.97. The third kappa shape index (κ3) is 4.58. The highest BCUT2D eigenvalue weighted by molar-refractivity contribution is 5.95. The van der Waals surface area contributed by atoms with Crippen molar-refractivity contribution in [1.29, 1.82) is 0 Å². The van der Waals surface area contributed by atoms with Gasteiger partial charge in [-0.2, -0.15) is 0 Å². The lowest BCUT2D eigenvalue weighted by molar-refractivity contribution is 0.0845. The van der Waals surface area contributed by atoms with E-state index in [0.717, 1.165) is 75.9 Å². The molecule has 2 aromatic heterocycles. The number of pyridine rings is 2. The first kappa shape index (κ1) is 21.7. The number of piperazine rings is 1. The average molecular weight is 419 g/mol. The molecular weight excluding hydrogens is 384 g/mol. The number of rotatable bonds is 4. The van der Waals surface area contributed by atoms with Crippen LogP contribution in [0.2, 0.25) is 0 Å². The molecule has 2 saturated heterocycles. The summed E-state index contributed by atoms with van der Waals surface area (Å²) in [5.41, 5.74) is 3.27. The molecule has 0 amide bonds. The number of aromatic nitrogens is 2. The Balaban J connectivity index is 0.00000231. The number of likely N-dealkylation sites (N-methyl/N-ethyl adjacent to an activating group) is 1. The molecule has 5 rings (SSSR count). The topological polar surface area (TPSA) is 41.5 Å². The van der Waals surface area contributed by atoms with Crippen molar-refractivity contribution in [2.45, 2.75) is 33.1 Å². The van der Waals surface area contributed by atoms with Crippen molar-refractivity contribution in [3.63, 3.8) is 0 Å². The third-order valence-electron chi connectivity index (χ3n) is 6.56. The van der Waals surface area contributed by atoms with Gasteiger partial charge >= 0.3 is 0 Å². The molecule has 0 saturated carbocycles. The van der Waals surface area contributed by atoms with Gasteiger partial charge in [-0.05, 0) is 43.0 Å². The molecule has 2 aliphatic rings.